The summed E-state index contributed by atoms with van der Waals surface area (Å²) in [4.78, 5) is 40.8. The fraction of sp³-hybridized carbons (Fsp3) is 0.607. The van der Waals surface area contributed by atoms with Crippen molar-refractivity contribution in [1.29, 1.82) is 0 Å². The number of hydrogen-bond donors (Lipinski definition) is 2. The van der Waals surface area contributed by atoms with Crippen molar-refractivity contribution in [2.75, 3.05) is 13.7 Å². The Balaban J connectivity index is 3.22. The monoisotopic (exact) mass is 487 g/mol. The van der Waals surface area contributed by atoms with Gasteiger partial charge in [0.15, 0.2) is 0 Å². The molecule has 0 heterocycles. The number of esters is 1. The maximum Gasteiger partial charge on any atom is 0.333 e. The average Bonchev–Trinajstić information content (AvgIpc) is 2.78. The van der Waals surface area contributed by atoms with Crippen LogP contribution < -0.4 is 11.1 Å². The number of hydrogen-bond acceptors (Lipinski definition) is 5. The van der Waals surface area contributed by atoms with Crippen LogP contribution in [0.2, 0.25) is 0 Å². The lowest BCUT2D eigenvalue weighted by atomic mass is 9.77. The Kier molecular flexibility index (Phi) is 10.7. The van der Waals surface area contributed by atoms with E-state index in [2.05, 4.69) is 5.32 Å². The van der Waals surface area contributed by atoms with Crippen molar-refractivity contribution in [3.63, 3.8) is 0 Å². The van der Waals surface area contributed by atoms with Gasteiger partial charge in [-0.3, -0.25) is 9.59 Å². The van der Waals surface area contributed by atoms with E-state index in [1.165, 1.54) is 0 Å². The van der Waals surface area contributed by atoms with Crippen LogP contribution in [0.3, 0.4) is 0 Å². The summed E-state index contributed by atoms with van der Waals surface area (Å²) in [5.41, 5.74) is 6.61. The van der Waals surface area contributed by atoms with Gasteiger partial charge in [0.05, 0.1) is 18.7 Å². The summed E-state index contributed by atoms with van der Waals surface area (Å²) in [6, 6.07) is 7.60. The zero-order valence-corrected chi connectivity index (χ0v) is 23.1. The number of carbonyl (C=O) groups is 3. The van der Waals surface area contributed by atoms with Crippen LogP contribution in [-0.4, -0.2) is 54.5 Å². The van der Waals surface area contributed by atoms with Gasteiger partial charge >= 0.3 is 5.97 Å². The van der Waals surface area contributed by atoms with Gasteiger partial charge in [-0.05, 0) is 30.7 Å². The van der Waals surface area contributed by atoms with E-state index in [4.69, 9.17) is 10.5 Å². The molecule has 7 nitrogen and oxygen atoms in total. The Labute approximate surface area is 211 Å². The molecule has 0 aliphatic carbocycles. The van der Waals surface area contributed by atoms with Gasteiger partial charge in [-0.2, -0.15) is 0 Å². The molecule has 0 radical (unpaired) electrons. The lowest BCUT2D eigenvalue weighted by molar-refractivity contribution is -0.141. The molecule has 2 amide bonds. The fourth-order valence-electron chi connectivity index (χ4n) is 3.93. The fourth-order valence-corrected chi connectivity index (χ4v) is 3.93. The lowest BCUT2D eigenvalue weighted by Crippen LogP contribution is -2.61. The summed E-state index contributed by atoms with van der Waals surface area (Å²) in [5, 5.41) is 2.94. The number of rotatable bonds is 10. The molecule has 0 aliphatic heterocycles. The number of likely N-dealkylation sites (N-methyl/N-ethyl adjacent to an activating group) is 1. The van der Waals surface area contributed by atoms with E-state index in [1.54, 1.807) is 31.9 Å². The van der Waals surface area contributed by atoms with Gasteiger partial charge in [0.25, 0.3) is 0 Å². The summed E-state index contributed by atoms with van der Waals surface area (Å²) >= 11 is 0. The number of nitrogens with two attached hydrogens (primary N) is 1. The molecule has 1 aromatic carbocycles. The zero-order chi connectivity index (χ0) is 27.1. The van der Waals surface area contributed by atoms with Gasteiger partial charge in [0, 0.05) is 18.0 Å². The Morgan fingerprint density at radius 3 is 2.09 bits per heavy atom. The number of ether oxygens (including phenoxy) is 1. The number of benzene rings is 1. The quantitative estimate of drug-likeness (QED) is 0.386. The summed E-state index contributed by atoms with van der Waals surface area (Å²) in [6.07, 6.45) is 1.76. The Morgan fingerprint density at radius 2 is 1.63 bits per heavy atom. The van der Waals surface area contributed by atoms with Crippen LogP contribution in [0, 0.1) is 11.3 Å². The van der Waals surface area contributed by atoms with Crippen LogP contribution in [0.1, 0.15) is 67.9 Å². The third kappa shape index (κ3) is 7.92. The first-order chi connectivity index (χ1) is 16.0. The molecule has 0 fully saturated rings. The smallest absolute Gasteiger partial charge is 0.333 e. The molecule has 0 bridgehead atoms. The van der Waals surface area contributed by atoms with Crippen molar-refractivity contribution in [1.82, 2.24) is 10.2 Å². The topological polar surface area (TPSA) is 102 Å². The second-order valence-corrected chi connectivity index (χ2v) is 11.1. The third-order valence-electron chi connectivity index (χ3n) is 6.47. The molecule has 0 aromatic heterocycles. The SMILES string of the molecule is CCOC(=O)C(C)=C[C@H](C(C)C)N(C)C(=O)[C@@H](NC(=O)[C@@H](N)C(C)(C)c1ccccc1)C(C)(C)C. The summed E-state index contributed by atoms with van der Waals surface area (Å²) in [5.74, 6) is -1.01. The molecule has 0 saturated carbocycles. The van der Waals surface area contributed by atoms with E-state index >= 15 is 0 Å². The molecule has 0 saturated heterocycles. The number of amides is 2. The van der Waals surface area contributed by atoms with Crippen molar-refractivity contribution < 1.29 is 19.1 Å². The molecule has 196 valence electrons. The highest BCUT2D eigenvalue weighted by Gasteiger charge is 2.40. The molecular weight excluding hydrogens is 442 g/mol. The second-order valence-electron chi connectivity index (χ2n) is 11.1. The van der Waals surface area contributed by atoms with Crippen LogP contribution >= 0.6 is 0 Å². The van der Waals surface area contributed by atoms with Crippen LogP contribution in [0.15, 0.2) is 42.0 Å². The first-order valence-electron chi connectivity index (χ1n) is 12.3. The Morgan fingerprint density at radius 1 is 1.09 bits per heavy atom. The molecule has 0 spiro atoms. The Hall–Kier alpha value is -2.67. The average molecular weight is 488 g/mol. The minimum absolute atomic E-state index is 0.0314. The molecule has 1 rings (SSSR count). The molecule has 7 heteroatoms. The van der Waals surface area contributed by atoms with Gasteiger partial charge in [-0.1, -0.05) is 84.9 Å². The summed E-state index contributed by atoms with van der Waals surface area (Å²) < 4.78 is 5.09. The van der Waals surface area contributed by atoms with Crippen molar-refractivity contribution in [2.24, 2.45) is 17.1 Å². The van der Waals surface area contributed by atoms with Crippen LogP contribution in [-0.2, 0) is 24.5 Å². The number of nitrogens with one attached hydrogen (secondary N) is 1. The normalized spacial score (nSPS) is 15.3. The molecule has 0 unspecified atom stereocenters. The van der Waals surface area contributed by atoms with E-state index < -0.39 is 28.9 Å². The van der Waals surface area contributed by atoms with E-state index in [9.17, 15) is 14.4 Å². The lowest BCUT2D eigenvalue weighted by Gasteiger charge is -2.39. The number of carbonyl (C=O) groups excluding carboxylic acids is 3. The van der Waals surface area contributed by atoms with Crippen molar-refractivity contribution in [3.8, 4) is 0 Å². The maximum absolute atomic E-state index is 13.7. The Bertz CT molecular complexity index is 901. The van der Waals surface area contributed by atoms with Gasteiger partial charge in [-0.25, -0.2) is 4.79 Å². The van der Waals surface area contributed by atoms with Crippen molar-refractivity contribution in [3.05, 3.63) is 47.5 Å². The van der Waals surface area contributed by atoms with Crippen LogP contribution in [0.25, 0.3) is 0 Å². The molecule has 35 heavy (non-hydrogen) atoms. The van der Waals surface area contributed by atoms with E-state index in [1.807, 2.05) is 78.8 Å². The molecule has 3 N–H and O–H groups in total. The zero-order valence-electron chi connectivity index (χ0n) is 23.1. The highest BCUT2D eigenvalue weighted by molar-refractivity contribution is 5.91. The first kappa shape index (κ1) is 30.4. The predicted octanol–water partition coefficient (Wildman–Crippen LogP) is 3.81. The van der Waals surface area contributed by atoms with Crippen molar-refractivity contribution in [2.45, 2.75) is 85.9 Å². The summed E-state index contributed by atoms with van der Waals surface area (Å²) in [7, 11) is 1.70. The minimum Gasteiger partial charge on any atom is -0.463 e. The highest BCUT2D eigenvalue weighted by atomic mass is 16.5. The maximum atomic E-state index is 13.7. The first-order valence-corrected chi connectivity index (χ1v) is 12.3. The second kappa shape index (κ2) is 12.3. The standard InChI is InChI=1S/C28H45N3O4/c1-11-35-26(34)19(4)17-21(18(2)3)31(10)25(33)23(27(5,6)7)30-24(32)22(29)28(8,9)20-15-13-12-14-16-20/h12-18,21-23H,11,29H2,1-10H3,(H,30,32)/t21-,22-,23-/m1/s1. The summed E-state index contributed by atoms with van der Waals surface area (Å²) in [6.45, 7) is 17.2. The third-order valence-corrected chi connectivity index (χ3v) is 6.47. The van der Waals surface area contributed by atoms with E-state index in [0.29, 0.717) is 5.57 Å². The predicted molar refractivity (Wildman–Crippen MR) is 141 cm³/mol. The van der Waals surface area contributed by atoms with Crippen molar-refractivity contribution >= 4 is 17.8 Å². The number of nitrogens with zero attached hydrogens (tertiary/aromatic N) is 1. The minimum atomic E-state index is -0.861. The van der Waals surface area contributed by atoms with E-state index in [-0.39, 0.29) is 30.4 Å². The van der Waals surface area contributed by atoms with E-state index in [0.717, 1.165) is 5.56 Å². The molecule has 0 aliphatic rings. The molecule has 1 aromatic rings. The van der Waals surface area contributed by atoms with Gasteiger partial charge in [0.2, 0.25) is 11.8 Å². The van der Waals surface area contributed by atoms with Crippen LogP contribution in [0.5, 0.6) is 0 Å². The van der Waals surface area contributed by atoms with Gasteiger partial charge in [-0.15, -0.1) is 0 Å². The molecular formula is C28H45N3O4. The molecule has 3 atom stereocenters. The van der Waals surface area contributed by atoms with Crippen LogP contribution in [0.4, 0.5) is 0 Å². The van der Waals surface area contributed by atoms with Gasteiger partial charge in [0.1, 0.15) is 6.04 Å². The highest BCUT2D eigenvalue weighted by Crippen LogP contribution is 2.28. The van der Waals surface area contributed by atoms with Gasteiger partial charge < -0.3 is 20.7 Å². The largest absolute Gasteiger partial charge is 0.463 e.